The van der Waals surface area contributed by atoms with E-state index in [9.17, 15) is 14.9 Å². The Bertz CT molecular complexity index is 667. The van der Waals surface area contributed by atoms with Gasteiger partial charge in [0, 0.05) is 38.3 Å². The molecule has 0 aromatic heterocycles. The van der Waals surface area contributed by atoms with Crippen LogP contribution < -0.4 is 0 Å². The molecule has 1 aliphatic rings. The van der Waals surface area contributed by atoms with Crippen LogP contribution >= 0.6 is 0 Å². The highest BCUT2D eigenvalue weighted by atomic mass is 16.6. The topological polar surface area (TPSA) is 66.7 Å². The van der Waals surface area contributed by atoms with Crippen LogP contribution in [0.5, 0.6) is 0 Å². The maximum Gasteiger partial charge on any atom is 0.282 e. The number of piperidine rings is 1. The van der Waals surface area contributed by atoms with Crippen LogP contribution in [-0.2, 0) is 0 Å². The van der Waals surface area contributed by atoms with E-state index in [1.54, 1.807) is 12.1 Å². The molecule has 1 saturated heterocycles. The summed E-state index contributed by atoms with van der Waals surface area (Å²) >= 11 is 0. The first-order valence-corrected chi connectivity index (χ1v) is 10.6. The molecule has 6 heteroatoms. The predicted octanol–water partition coefficient (Wildman–Crippen LogP) is 4.66. The number of likely N-dealkylation sites (tertiary alicyclic amines) is 1. The number of hydrogen-bond acceptors (Lipinski definition) is 4. The number of carbonyl (C=O) groups excluding carboxylic acids is 1. The van der Waals surface area contributed by atoms with Crippen LogP contribution in [0.1, 0.15) is 68.8 Å². The lowest BCUT2D eigenvalue weighted by atomic mass is 9.99. The second kappa shape index (κ2) is 10.6. The number of nitro groups is 1. The summed E-state index contributed by atoms with van der Waals surface area (Å²) in [5.41, 5.74) is 0.933. The Balaban J connectivity index is 2.19. The van der Waals surface area contributed by atoms with Crippen molar-refractivity contribution in [2.45, 2.75) is 65.8 Å². The van der Waals surface area contributed by atoms with Gasteiger partial charge in [-0.2, -0.15) is 0 Å². The molecule has 0 aliphatic carbocycles. The molecule has 0 atom stereocenters. The summed E-state index contributed by atoms with van der Waals surface area (Å²) in [5, 5.41) is 11.5. The van der Waals surface area contributed by atoms with E-state index in [1.165, 1.54) is 6.07 Å². The molecule has 1 heterocycles. The molecule has 0 N–H and O–H groups in total. The number of nitro benzene ring substituents is 1. The van der Waals surface area contributed by atoms with Gasteiger partial charge in [0.2, 0.25) is 0 Å². The van der Waals surface area contributed by atoms with Gasteiger partial charge in [-0.15, -0.1) is 0 Å². The summed E-state index contributed by atoms with van der Waals surface area (Å²) in [6, 6.07) is 5.07. The SMILES string of the molecule is CCCCCN(C(=O)c1ccc(C)cc1[N+](=O)[O-])C1CCN(CC(C)C)CC1. The summed E-state index contributed by atoms with van der Waals surface area (Å²) in [6.07, 6.45) is 4.95. The zero-order chi connectivity index (χ0) is 20.7. The number of amides is 1. The molecule has 0 radical (unpaired) electrons. The fourth-order valence-electron chi connectivity index (χ4n) is 4.04. The third-order valence-electron chi connectivity index (χ3n) is 5.46. The Hall–Kier alpha value is -1.95. The lowest BCUT2D eigenvalue weighted by Gasteiger charge is -2.39. The summed E-state index contributed by atoms with van der Waals surface area (Å²) in [7, 11) is 0. The third-order valence-corrected chi connectivity index (χ3v) is 5.46. The first-order valence-electron chi connectivity index (χ1n) is 10.6. The lowest BCUT2D eigenvalue weighted by molar-refractivity contribution is -0.385. The van der Waals surface area contributed by atoms with Crippen molar-refractivity contribution in [1.82, 2.24) is 9.80 Å². The van der Waals surface area contributed by atoms with Gasteiger partial charge in [-0.1, -0.05) is 39.7 Å². The number of nitrogens with zero attached hydrogens (tertiary/aromatic N) is 3. The molecular formula is C22H35N3O3. The van der Waals surface area contributed by atoms with Crippen molar-refractivity contribution >= 4 is 11.6 Å². The molecule has 0 spiro atoms. The Morgan fingerprint density at radius 1 is 1.29 bits per heavy atom. The molecule has 1 amide bonds. The first-order chi connectivity index (χ1) is 13.3. The Labute approximate surface area is 169 Å². The average Bonchev–Trinajstić information content (AvgIpc) is 2.65. The number of benzene rings is 1. The highest BCUT2D eigenvalue weighted by molar-refractivity contribution is 5.98. The van der Waals surface area contributed by atoms with Crippen molar-refractivity contribution in [3.63, 3.8) is 0 Å². The highest BCUT2D eigenvalue weighted by Crippen LogP contribution is 2.26. The van der Waals surface area contributed by atoms with Crippen molar-refractivity contribution in [2.75, 3.05) is 26.2 Å². The molecule has 0 bridgehead atoms. The van der Waals surface area contributed by atoms with Gasteiger partial charge in [0.1, 0.15) is 5.56 Å². The summed E-state index contributed by atoms with van der Waals surface area (Å²) in [6.45, 7) is 12.1. The van der Waals surface area contributed by atoms with E-state index in [1.807, 2.05) is 11.8 Å². The van der Waals surface area contributed by atoms with Crippen LogP contribution in [0.15, 0.2) is 18.2 Å². The Morgan fingerprint density at radius 3 is 2.54 bits per heavy atom. The number of unbranched alkanes of at least 4 members (excludes halogenated alkanes) is 2. The van der Waals surface area contributed by atoms with E-state index in [0.29, 0.717) is 12.5 Å². The molecule has 28 heavy (non-hydrogen) atoms. The van der Waals surface area contributed by atoms with E-state index in [4.69, 9.17) is 0 Å². The smallest absolute Gasteiger partial charge is 0.282 e. The van der Waals surface area contributed by atoms with Crippen LogP contribution in [0.2, 0.25) is 0 Å². The number of carbonyl (C=O) groups is 1. The Morgan fingerprint density at radius 2 is 1.96 bits per heavy atom. The standard InChI is InChI=1S/C22H35N3O3/c1-5-6-7-12-24(19-10-13-23(14-11-19)16-17(2)3)22(26)20-9-8-18(4)15-21(20)25(27)28/h8-9,15,17,19H,5-7,10-14,16H2,1-4H3. The molecule has 1 fully saturated rings. The fraction of sp³-hybridized carbons (Fsp3) is 0.682. The van der Waals surface area contributed by atoms with Crippen LogP contribution in [0.3, 0.4) is 0 Å². The predicted molar refractivity (Wildman–Crippen MR) is 113 cm³/mol. The Kier molecular flexibility index (Phi) is 8.42. The van der Waals surface area contributed by atoms with E-state index in [0.717, 1.165) is 57.3 Å². The van der Waals surface area contributed by atoms with E-state index >= 15 is 0 Å². The van der Waals surface area contributed by atoms with Gasteiger partial charge in [-0.25, -0.2) is 0 Å². The highest BCUT2D eigenvalue weighted by Gasteiger charge is 2.31. The van der Waals surface area contributed by atoms with Crippen LogP contribution in [0.25, 0.3) is 0 Å². The molecule has 0 saturated carbocycles. The van der Waals surface area contributed by atoms with E-state index < -0.39 is 4.92 Å². The molecule has 1 aromatic rings. The van der Waals surface area contributed by atoms with Crippen molar-refractivity contribution in [3.8, 4) is 0 Å². The van der Waals surface area contributed by atoms with Crippen molar-refractivity contribution < 1.29 is 9.72 Å². The fourth-order valence-corrected chi connectivity index (χ4v) is 4.04. The molecule has 6 nitrogen and oxygen atoms in total. The zero-order valence-electron chi connectivity index (χ0n) is 17.8. The summed E-state index contributed by atoms with van der Waals surface area (Å²) < 4.78 is 0. The van der Waals surface area contributed by atoms with Gasteiger partial charge >= 0.3 is 0 Å². The largest absolute Gasteiger partial charge is 0.335 e. The summed E-state index contributed by atoms with van der Waals surface area (Å²) in [5.74, 6) is 0.444. The normalized spacial score (nSPS) is 15.8. The quantitative estimate of drug-likeness (QED) is 0.350. The maximum atomic E-state index is 13.3. The number of aryl methyl sites for hydroxylation is 1. The van der Waals surface area contributed by atoms with Gasteiger partial charge in [0.25, 0.3) is 11.6 Å². The molecular weight excluding hydrogens is 354 g/mol. The van der Waals surface area contributed by atoms with Gasteiger partial charge in [-0.3, -0.25) is 14.9 Å². The number of hydrogen-bond donors (Lipinski definition) is 0. The van der Waals surface area contributed by atoms with Gasteiger partial charge in [-0.05, 0) is 43.7 Å². The molecule has 2 rings (SSSR count). The van der Waals surface area contributed by atoms with Crippen molar-refractivity contribution in [3.05, 3.63) is 39.4 Å². The monoisotopic (exact) mass is 389 g/mol. The second-order valence-corrected chi connectivity index (χ2v) is 8.41. The van der Waals surface area contributed by atoms with Crippen LogP contribution in [-0.4, -0.2) is 52.9 Å². The minimum absolute atomic E-state index is 0.0808. The zero-order valence-corrected chi connectivity index (χ0v) is 17.8. The molecule has 1 aliphatic heterocycles. The van der Waals surface area contributed by atoms with Crippen molar-refractivity contribution in [1.29, 1.82) is 0 Å². The first kappa shape index (κ1) is 22.3. The minimum Gasteiger partial charge on any atom is -0.335 e. The summed E-state index contributed by atoms with van der Waals surface area (Å²) in [4.78, 5) is 28.8. The number of rotatable bonds is 9. The third kappa shape index (κ3) is 6.03. The maximum absolute atomic E-state index is 13.3. The van der Waals surface area contributed by atoms with E-state index in [2.05, 4.69) is 25.7 Å². The lowest BCUT2D eigenvalue weighted by Crippen LogP contribution is -2.48. The van der Waals surface area contributed by atoms with Gasteiger partial charge in [0.05, 0.1) is 4.92 Å². The molecule has 0 unspecified atom stereocenters. The van der Waals surface area contributed by atoms with Gasteiger partial charge in [0.15, 0.2) is 0 Å². The second-order valence-electron chi connectivity index (χ2n) is 8.41. The van der Waals surface area contributed by atoms with Crippen molar-refractivity contribution in [2.24, 2.45) is 5.92 Å². The average molecular weight is 390 g/mol. The van der Waals surface area contributed by atoms with Crippen LogP contribution in [0, 0.1) is 23.0 Å². The van der Waals surface area contributed by atoms with E-state index in [-0.39, 0.29) is 23.2 Å². The molecule has 1 aromatic carbocycles. The minimum atomic E-state index is -0.435. The van der Waals surface area contributed by atoms with Crippen LogP contribution in [0.4, 0.5) is 5.69 Å². The molecule has 156 valence electrons. The van der Waals surface area contributed by atoms with Gasteiger partial charge < -0.3 is 9.80 Å².